The summed E-state index contributed by atoms with van der Waals surface area (Å²) in [5, 5.41) is 0.534. The molecule has 0 aromatic carbocycles. The molecule has 88 valence electrons. The van der Waals surface area contributed by atoms with Gasteiger partial charge in [-0.3, -0.25) is 0 Å². The van der Waals surface area contributed by atoms with Crippen LogP contribution in [0, 0.1) is 0 Å². The standard InChI is InChI=1S/C12H17ClN2O/c1-2-16-8-12-14-10(7-11(13)15-12)9-5-3-4-6-9/h7,9H,2-6,8H2,1H3. The van der Waals surface area contributed by atoms with E-state index in [2.05, 4.69) is 9.97 Å². The first kappa shape index (κ1) is 11.8. The third kappa shape index (κ3) is 2.92. The fourth-order valence-electron chi connectivity index (χ4n) is 2.17. The number of halogens is 1. The van der Waals surface area contributed by atoms with Crippen molar-refractivity contribution in [1.82, 2.24) is 9.97 Å². The van der Waals surface area contributed by atoms with E-state index in [4.69, 9.17) is 16.3 Å². The summed E-state index contributed by atoms with van der Waals surface area (Å²) in [6.45, 7) is 3.09. The lowest BCUT2D eigenvalue weighted by molar-refractivity contribution is 0.128. The summed E-state index contributed by atoms with van der Waals surface area (Å²) in [4.78, 5) is 8.70. The second-order valence-electron chi connectivity index (χ2n) is 4.15. The van der Waals surface area contributed by atoms with E-state index in [9.17, 15) is 0 Å². The third-order valence-electron chi connectivity index (χ3n) is 2.97. The van der Waals surface area contributed by atoms with Gasteiger partial charge in [0.2, 0.25) is 0 Å². The van der Waals surface area contributed by atoms with Crippen molar-refractivity contribution in [3.05, 3.63) is 22.7 Å². The Morgan fingerprint density at radius 1 is 1.38 bits per heavy atom. The van der Waals surface area contributed by atoms with Crippen LogP contribution < -0.4 is 0 Å². The van der Waals surface area contributed by atoms with Crippen LogP contribution in [0.5, 0.6) is 0 Å². The van der Waals surface area contributed by atoms with Crippen LogP contribution in [0.1, 0.15) is 50.0 Å². The molecule has 0 radical (unpaired) electrons. The van der Waals surface area contributed by atoms with Gasteiger partial charge < -0.3 is 4.74 Å². The van der Waals surface area contributed by atoms with Crippen molar-refractivity contribution in [3.63, 3.8) is 0 Å². The number of ether oxygens (including phenoxy) is 1. The van der Waals surface area contributed by atoms with Gasteiger partial charge in [-0.1, -0.05) is 24.4 Å². The average molecular weight is 241 g/mol. The van der Waals surface area contributed by atoms with Crippen molar-refractivity contribution in [2.24, 2.45) is 0 Å². The number of nitrogens with zero attached hydrogens (tertiary/aromatic N) is 2. The molecule has 16 heavy (non-hydrogen) atoms. The van der Waals surface area contributed by atoms with Gasteiger partial charge in [0.1, 0.15) is 11.8 Å². The molecule has 0 amide bonds. The first-order valence-electron chi connectivity index (χ1n) is 5.90. The Morgan fingerprint density at radius 2 is 2.12 bits per heavy atom. The summed E-state index contributed by atoms with van der Waals surface area (Å²) in [7, 11) is 0. The number of aromatic nitrogens is 2. The molecule has 0 saturated heterocycles. The lowest BCUT2D eigenvalue weighted by Gasteiger charge is -2.10. The lowest BCUT2D eigenvalue weighted by atomic mass is 10.0. The van der Waals surface area contributed by atoms with E-state index in [-0.39, 0.29) is 0 Å². The van der Waals surface area contributed by atoms with Crippen LogP contribution in [0.25, 0.3) is 0 Å². The zero-order chi connectivity index (χ0) is 11.4. The maximum atomic E-state index is 6.00. The quantitative estimate of drug-likeness (QED) is 0.758. The fourth-order valence-corrected chi connectivity index (χ4v) is 2.38. The summed E-state index contributed by atoms with van der Waals surface area (Å²) in [5.41, 5.74) is 1.09. The maximum absolute atomic E-state index is 6.00. The summed E-state index contributed by atoms with van der Waals surface area (Å²) in [6.07, 6.45) is 5.04. The predicted molar refractivity (Wildman–Crippen MR) is 63.6 cm³/mol. The monoisotopic (exact) mass is 240 g/mol. The molecule has 1 aliphatic carbocycles. The lowest BCUT2D eigenvalue weighted by Crippen LogP contribution is -2.05. The smallest absolute Gasteiger partial charge is 0.155 e. The van der Waals surface area contributed by atoms with Crippen molar-refractivity contribution in [2.75, 3.05) is 6.61 Å². The highest BCUT2D eigenvalue weighted by molar-refractivity contribution is 6.29. The van der Waals surface area contributed by atoms with Gasteiger partial charge in [0.15, 0.2) is 5.82 Å². The molecule has 1 heterocycles. The highest BCUT2D eigenvalue weighted by Gasteiger charge is 2.19. The van der Waals surface area contributed by atoms with Gasteiger partial charge in [0.25, 0.3) is 0 Å². The normalized spacial score (nSPS) is 16.9. The van der Waals surface area contributed by atoms with E-state index in [1.54, 1.807) is 0 Å². The Hall–Kier alpha value is -0.670. The predicted octanol–water partition coefficient (Wildman–Crippen LogP) is 3.32. The molecule has 1 saturated carbocycles. The van der Waals surface area contributed by atoms with Crippen LogP contribution in [-0.4, -0.2) is 16.6 Å². The molecule has 3 nitrogen and oxygen atoms in total. The van der Waals surface area contributed by atoms with Gasteiger partial charge in [-0.15, -0.1) is 0 Å². The second kappa shape index (κ2) is 5.60. The Bertz CT molecular complexity index is 351. The van der Waals surface area contributed by atoms with E-state index < -0.39 is 0 Å². The molecule has 1 fully saturated rings. The molecule has 1 aliphatic rings. The molecule has 1 aromatic rings. The molecule has 4 heteroatoms. The molecular formula is C12H17ClN2O. The second-order valence-corrected chi connectivity index (χ2v) is 4.54. The number of hydrogen-bond acceptors (Lipinski definition) is 3. The van der Waals surface area contributed by atoms with Crippen molar-refractivity contribution in [3.8, 4) is 0 Å². The molecule has 0 unspecified atom stereocenters. The zero-order valence-electron chi connectivity index (χ0n) is 9.58. The summed E-state index contributed by atoms with van der Waals surface area (Å²) in [5.74, 6) is 1.28. The van der Waals surface area contributed by atoms with Crippen LogP contribution in [0.3, 0.4) is 0 Å². The topological polar surface area (TPSA) is 35.0 Å². The van der Waals surface area contributed by atoms with E-state index in [1.165, 1.54) is 25.7 Å². The molecule has 2 rings (SSSR count). The van der Waals surface area contributed by atoms with E-state index >= 15 is 0 Å². The van der Waals surface area contributed by atoms with Crippen molar-refractivity contribution < 1.29 is 4.74 Å². The van der Waals surface area contributed by atoms with Crippen LogP contribution in [0.2, 0.25) is 5.15 Å². The van der Waals surface area contributed by atoms with E-state index in [0.717, 1.165) is 5.69 Å². The summed E-state index contributed by atoms with van der Waals surface area (Å²) < 4.78 is 5.31. The third-order valence-corrected chi connectivity index (χ3v) is 3.16. The van der Waals surface area contributed by atoms with Crippen LogP contribution in [0.4, 0.5) is 0 Å². The van der Waals surface area contributed by atoms with Gasteiger partial charge >= 0.3 is 0 Å². The van der Waals surface area contributed by atoms with Crippen molar-refractivity contribution >= 4 is 11.6 Å². The Morgan fingerprint density at radius 3 is 2.81 bits per heavy atom. The van der Waals surface area contributed by atoms with Crippen molar-refractivity contribution in [2.45, 2.75) is 45.1 Å². The minimum atomic E-state index is 0.455. The first-order chi connectivity index (χ1) is 7.79. The average Bonchev–Trinajstić information content (AvgIpc) is 2.79. The minimum absolute atomic E-state index is 0.455. The summed E-state index contributed by atoms with van der Waals surface area (Å²) >= 11 is 6.00. The number of hydrogen-bond donors (Lipinski definition) is 0. The number of rotatable bonds is 4. The molecule has 0 aliphatic heterocycles. The molecule has 1 aromatic heterocycles. The van der Waals surface area contributed by atoms with E-state index in [1.807, 2.05) is 13.0 Å². The molecular weight excluding hydrogens is 224 g/mol. The summed E-state index contributed by atoms with van der Waals surface area (Å²) in [6, 6.07) is 1.90. The highest BCUT2D eigenvalue weighted by Crippen LogP contribution is 2.33. The fraction of sp³-hybridized carbons (Fsp3) is 0.667. The molecule has 0 atom stereocenters. The first-order valence-corrected chi connectivity index (χ1v) is 6.28. The Balaban J connectivity index is 2.14. The molecule has 0 spiro atoms. The van der Waals surface area contributed by atoms with Gasteiger partial charge in [-0.25, -0.2) is 9.97 Å². The maximum Gasteiger partial charge on any atom is 0.155 e. The molecule has 0 bridgehead atoms. The van der Waals surface area contributed by atoms with Gasteiger partial charge in [0.05, 0.1) is 0 Å². The van der Waals surface area contributed by atoms with Gasteiger partial charge in [0, 0.05) is 18.2 Å². The Kier molecular flexibility index (Phi) is 4.13. The zero-order valence-corrected chi connectivity index (χ0v) is 10.3. The highest BCUT2D eigenvalue weighted by atomic mass is 35.5. The van der Waals surface area contributed by atoms with Crippen LogP contribution in [-0.2, 0) is 11.3 Å². The van der Waals surface area contributed by atoms with Gasteiger partial charge in [-0.05, 0) is 25.8 Å². The minimum Gasteiger partial charge on any atom is -0.374 e. The van der Waals surface area contributed by atoms with Crippen LogP contribution in [0.15, 0.2) is 6.07 Å². The SMILES string of the molecule is CCOCc1nc(Cl)cc(C2CCCC2)n1. The Labute approximate surface area is 101 Å². The van der Waals surface area contributed by atoms with Gasteiger partial charge in [-0.2, -0.15) is 0 Å². The van der Waals surface area contributed by atoms with E-state index in [0.29, 0.717) is 30.1 Å². The largest absolute Gasteiger partial charge is 0.374 e. The molecule has 0 N–H and O–H groups in total. The van der Waals surface area contributed by atoms with Crippen molar-refractivity contribution in [1.29, 1.82) is 0 Å². The van der Waals surface area contributed by atoms with Crippen LogP contribution >= 0.6 is 11.6 Å².